The van der Waals surface area contributed by atoms with Crippen LogP contribution in [0.15, 0.2) is 0 Å². The van der Waals surface area contributed by atoms with Crippen molar-refractivity contribution in [2.45, 2.75) is 38.0 Å². The molecule has 2 fully saturated rings. The fourth-order valence-electron chi connectivity index (χ4n) is 3.16. The van der Waals surface area contributed by atoms with E-state index in [0.717, 1.165) is 25.7 Å². The Labute approximate surface area is 127 Å². The number of hydrogen-bond donors (Lipinski definition) is 1. The Balaban J connectivity index is 2.02. The van der Waals surface area contributed by atoms with E-state index in [-0.39, 0.29) is 18.2 Å². The molecule has 2 aliphatic rings. The van der Waals surface area contributed by atoms with Crippen LogP contribution in [0.25, 0.3) is 0 Å². The molecule has 2 heterocycles. The van der Waals surface area contributed by atoms with Crippen molar-refractivity contribution in [3.8, 4) is 0 Å². The quantitative estimate of drug-likeness (QED) is 0.720. The lowest BCUT2D eigenvalue weighted by Gasteiger charge is -2.39. The Hall–Kier alpha value is -0.250. The predicted octanol–water partition coefficient (Wildman–Crippen LogP) is -0.0148. The molecule has 1 atom stereocenters. The minimum atomic E-state index is -3.39. The third kappa shape index (κ3) is 3.94. The van der Waals surface area contributed by atoms with Crippen molar-refractivity contribution in [3.05, 3.63) is 0 Å². The topological polar surface area (TPSA) is 85.1 Å². The number of piperidine rings is 2. The van der Waals surface area contributed by atoms with Crippen molar-refractivity contribution in [2.24, 2.45) is 11.7 Å². The monoisotopic (exact) mass is 321 g/mol. The maximum absolute atomic E-state index is 12.7. The van der Waals surface area contributed by atoms with Gasteiger partial charge in [0.05, 0.1) is 0 Å². The van der Waals surface area contributed by atoms with E-state index in [0.29, 0.717) is 26.2 Å². The van der Waals surface area contributed by atoms with E-state index < -0.39 is 10.2 Å². The van der Waals surface area contributed by atoms with E-state index in [2.05, 4.69) is 0 Å². The van der Waals surface area contributed by atoms with Crippen LogP contribution in [-0.4, -0.2) is 69.8 Å². The summed E-state index contributed by atoms with van der Waals surface area (Å²) in [5, 5.41) is 0. The highest BCUT2D eigenvalue weighted by atomic mass is 32.2. The number of hydrogen-bond acceptors (Lipinski definition) is 5. The normalized spacial score (nSPS) is 27.3. The highest BCUT2D eigenvalue weighted by molar-refractivity contribution is 7.86. The molecule has 0 radical (unpaired) electrons. The third-order valence-corrected chi connectivity index (χ3v) is 6.42. The molecule has 0 aromatic carbocycles. The van der Waals surface area contributed by atoms with Crippen LogP contribution in [0.5, 0.6) is 0 Å². The van der Waals surface area contributed by atoms with Gasteiger partial charge in [-0.1, -0.05) is 0 Å². The zero-order chi connectivity index (χ0) is 15.5. The Morgan fingerprint density at radius 1 is 1.05 bits per heavy atom. The largest absolute Gasteiger partial charge is 0.356 e. The molecule has 2 aliphatic heterocycles. The Morgan fingerprint density at radius 3 is 2.24 bits per heavy atom. The molecule has 0 aromatic rings. The lowest BCUT2D eigenvalue weighted by atomic mass is 9.99. The second-order valence-electron chi connectivity index (χ2n) is 5.84. The van der Waals surface area contributed by atoms with Gasteiger partial charge in [-0.15, -0.1) is 0 Å². The van der Waals surface area contributed by atoms with Crippen molar-refractivity contribution < 1.29 is 17.9 Å². The van der Waals surface area contributed by atoms with Gasteiger partial charge in [-0.2, -0.15) is 17.0 Å². The highest BCUT2D eigenvalue weighted by Crippen LogP contribution is 2.26. The van der Waals surface area contributed by atoms with Gasteiger partial charge in [0.1, 0.15) is 0 Å². The first-order chi connectivity index (χ1) is 9.98. The molecule has 0 spiro atoms. The van der Waals surface area contributed by atoms with Gasteiger partial charge in [0.2, 0.25) is 0 Å². The summed E-state index contributed by atoms with van der Waals surface area (Å²) in [5.41, 5.74) is 5.85. The molecule has 124 valence electrons. The molecule has 21 heavy (non-hydrogen) atoms. The summed E-state index contributed by atoms with van der Waals surface area (Å²) < 4.78 is 39.1. The predicted molar refractivity (Wildman–Crippen MR) is 79.8 cm³/mol. The van der Waals surface area contributed by atoms with E-state index in [9.17, 15) is 8.42 Å². The molecule has 0 aliphatic carbocycles. The van der Waals surface area contributed by atoms with Gasteiger partial charge in [0.25, 0.3) is 10.2 Å². The highest BCUT2D eigenvalue weighted by Gasteiger charge is 2.37. The van der Waals surface area contributed by atoms with Crippen LogP contribution in [0, 0.1) is 5.92 Å². The molecule has 0 bridgehead atoms. The summed E-state index contributed by atoms with van der Waals surface area (Å²) in [6.07, 6.45) is 2.87. The molecule has 8 heteroatoms. The van der Waals surface area contributed by atoms with Crippen LogP contribution in [0.3, 0.4) is 0 Å². The van der Waals surface area contributed by atoms with Gasteiger partial charge < -0.3 is 15.2 Å². The first-order valence-corrected chi connectivity index (χ1v) is 8.95. The van der Waals surface area contributed by atoms with E-state index >= 15 is 0 Å². The van der Waals surface area contributed by atoms with E-state index in [1.807, 2.05) is 0 Å². The number of nitrogens with two attached hydrogens (primary N) is 1. The summed E-state index contributed by atoms with van der Waals surface area (Å²) in [5.74, 6) is 0.0792. The molecule has 2 rings (SSSR count). The second-order valence-corrected chi connectivity index (χ2v) is 7.77. The van der Waals surface area contributed by atoms with Gasteiger partial charge >= 0.3 is 0 Å². The average molecular weight is 321 g/mol. The van der Waals surface area contributed by atoms with Crippen LogP contribution in [0.1, 0.15) is 25.7 Å². The van der Waals surface area contributed by atoms with E-state index in [4.69, 9.17) is 15.2 Å². The number of rotatable bonds is 5. The SMILES string of the molecule is COC(OC)C1CCCN(S(=O)(=O)N2CCC(N)CC2)C1. The van der Waals surface area contributed by atoms with Crippen LogP contribution >= 0.6 is 0 Å². The molecule has 2 saturated heterocycles. The van der Waals surface area contributed by atoms with Crippen molar-refractivity contribution in [2.75, 3.05) is 40.4 Å². The molecule has 0 saturated carbocycles. The first-order valence-electron chi connectivity index (χ1n) is 7.55. The van der Waals surface area contributed by atoms with Crippen molar-refractivity contribution in [3.63, 3.8) is 0 Å². The lowest BCUT2D eigenvalue weighted by Crippen LogP contribution is -2.52. The maximum Gasteiger partial charge on any atom is 0.281 e. The fraction of sp³-hybridized carbons (Fsp3) is 1.00. The van der Waals surface area contributed by atoms with Gasteiger partial charge in [-0.05, 0) is 25.7 Å². The molecule has 0 amide bonds. The summed E-state index contributed by atoms with van der Waals surface area (Å²) in [4.78, 5) is 0. The van der Waals surface area contributed by atoms with Crippen molar-refractivity contribution in [1.29, 1.82) is 0 Å². The summed E-state index contributed by atoms with van der Waals surface area (Å²) in [6.45, 7) is 2.06. The molecule has 2 N–H and O–H groups in total. The lowest BCUT2D eigenvalue weighted by molar-refractivity contribution is -0.144. The van der Waals surface area contributed by atoms with Crippen LogP contribution in [0.2, 0.25) is 0 Å². The van der Waals surface area contributed by atoms with E-state index in [1.54, 1.807) is 22.8 Å². The Bertz CT molecular complexity index is 419. The molecular weight excluding hydrogens is 294 g/mol. The molecule has 7 nitrogen and oxygen atoms in total. The standard InChI is InChI=1S/C13H27N3O4S/c1-19-13(20-2)11-4-3-7-16(10-11)21(17,18)15-8-5-12(14)6-9-15/h11-13H,3-10,14H2,1-2H3. The van der Waals surface area contributed by atoms with Crippen LogP contribution < -0.4 is 5.73 Å². The number of nitrogens with zero attached hydrogens (tertiary/aromatic N) is 2. The molecule has 0 aromatic heterocycles. The van der Waals surface area contributed by atoms with Crippen LogP contribution in [-0.2, 0) is 19.7 Å². The summed E-state index contributed by atoms with van der Waals surface area (Å²) in [6, 6.07) is 0.122. The Kier molecular flexibility index (Phi) is 5.98. The fourth-order valence-corrected chi connectivity index (χ4v) is 4.90. The molecule has 1 unspecified atom stereocenters. The van der Waals surface area contributed by atoms with Crippen LogP contribution in [0.4, 0.5) is 0 Å². The van der Waals surface area contributed by atoms with Gasteiger partial charge in [0.15, 0.2) is 6.29 Å². The zero-order valence-corrected chi connectivity index (χ0v) is 13.7. The average Bonchev–Trinajstić information content (AvgIpc) is 2.49. The van der Waals surface area contributed by atoms with Crippen molar-refractivity contribution >= 4 is 10.2 Å². The first kappa shape index (κ1) is 17.1. The van der Waals surface area contributed by atoms with E-state index in [1.165, 1.54) is 0 Å². The number of ether oxygens (including phenoxy) is 2. The van der Waals surface area contributed by atoms with Gasteiger partial charge in [-0.25, -0.2) is 0 Å². The Morgan fingerprint density at radius 2 is 1.67 bits per heavy atom. The summed E-state index contributed by atoms with van der Waals surface area (Å²) >= 11 is 0. The third-order valence-electron chi connectivity index (χ3n) is 4.42. The zero-order valence-electron chi connectivity index (χ0n) is 12.9. The molecular formula is C13H27N3O4S. The minimum Gasteiger partial charge on any atom is -0.356 e. The second kappa shape index (κ2) is 7.34. The number of methoxy groups -OCH3 is 2. The van der Waals surface area contributed by atoms with Gasteiger partial charge in [-0.3, -0.25) is 0 Å². The maximum atomic E-state index is 12.7. The van der Waals surface area contributed by atoms with Crippen molar-refractivity contribution in [1.82, 2.24) is 8.61 Å². The minimum absolute atomic E-state index is 0.0792. The smallest absolute Gasteiger partial charge is 0.281 e. The summed E-state index contributed by atoms with van der Waals surface area (Å²) in [7, 11) is -0.210. The van der Waals surface area contributed by atoms with Gasteiger partial charge in [0, 0.05) is 52.4 Å².